The number of thiophene rings is 1. The molecule has 1 heterocycles. The number of hydrogen-bond acceptors (Lipinski definition) is 3. The molecule has 1 amide bonds. The summed E-state index contributed by atoms with van der Waals surface area (Å²) in [4.78, 5) is 13.0. The smallest absolute Gasteiger partial charge is 0.236 e. The number of rotatable bonds is 7. The fourth-order valence-corrected chi connectivity index (χ4v) is 2.36. The van der Waals surface area contributed by atoms with Crippen molar-refractivity contribution in [1.82, 2.24) is 10.6 Å². The van der Waals surface area contributed by atoms with Crippen molar-refractivity contribution in [3.05, 3.63) is 22.4 Å². The highest BCUT2D eigenvalue weighted by atomic mass is 32.1. The molecule has 0 fully saturated rings. The molecular formula is C13H22N2OS. The van der Waals surface area contributed by atoms with Crippen LogP contribution < -0.4 is 10.6 Å². The van der Waals surface area contributed by atoms with E-state index in [1.165, 1.54) is 4.88 Å². The van der Waals surface area contributed by atoms with Gasteiger partial charge in [0.25, 0.3) is 0 Å². The summed E-state index contributed by atoms with van der Waals surface area (Å²) >= 11 is 1.71. The van der Waals surface area contributed by atoms with Crippen molar-refractivity contribution >= 4 is 17.2 Å². The van der Waals surface area contributed by atoms with Crippen LogP contribution in [0.5, 0.6) is 0 Å². The first kappa shape index (κ1) is 14.2. The number of hydrogen-bond donors (Lipinski definition) is 2. The Morgan fingerprint density at radius 2 is 2.24 bits per heavy atom. The summed E-state index contributed by atoms with van der Waals surface area (Å²) in [6.07, 6.45) is 2.15. The van der Waals surface area contributed by atoms with Gasteiger partial charge < -0.3 is 5.32 Å². The average Bonchev–Trinajstić information content (AvgIpc) is 2.82. The van der Waals surface area contributed by atoms with Crippen LogP contribution in [0.15, 0.2) is 17.5 Å². The molecule has 0 bridgehead atoms. The molecule has 4 heteroatoms. The highest BCUT2D eigenvalue weighted by Gasteiger charge is 2.15. The largest absolute Gasteiger partial charge is 0.355 e. The highest BCUT2D eigenvalue weighted by Crippen LogP contribution is 2.18. The molecule has 0 spiro atoms. The Balaban J connectivity index is 2.32. The normalized spacial score (nSPS) is 14.3. The standard InChI is InChI=1S/C13H22N2OS/c1-4-5-8-14-13(16)11(3)15-10(2)12-7-6-9-17-12/h6-7,9-11,15H,4-5,8H2,1-3H3,(H,14,16)/t10-,11?/m1/s1. The van der Waals surface area contributed by atoms with Crippen LogP contribution in [0, 0.1) is 0 Å². The van der Waals surface area contributed by atoms with E-state index in [0.29, 0.717) is 0 Å². The minimum absolute atomic E-state index is 0.0851. The summed E-state index contributed by atoms with van der Waals surface area (Å²) in [6.45, 7) is 6.88. The minimum atomic E-state index is -0.149. The molecule has 17 heavy (non-hydrogen) atoms. The Bertz CT molecular complexity index is 324. The zero-order valence-electron chi connectivity index (χ0n) is 10.8. The van der Waals surface area contributed by atoms with E-state index in [0.717, 1.165) is 19.4 Å². The summed E-state index contributed by atoms with van der Waals surface area (Å²) in [7, 11) is 0. The molecular weight excluding hydrogens is 232 g/mol. The molecule has 0 radical (unpaired) electrons. The lowest BCUT2D eigenvalue weighted by molar-refractivity contribution is -0.122. The maximum atomic E-state index is 11.8. The van der Waals surface area contributed by atoms with Crippen LogP contribution in [0.25, 0.3) is 0 Å². The first-order valence-corrected chi connectivity index (χ1v) is 7.10. The average molecular weight is 254 g/mol. The predicted molar refractivity (Wildman–Crippen MR) is 73.2 cm³/mol. The topological polar surface area (TPSA) is 41.1 Å². The van der Waals surface area contributed by atoms with Gasteiger partial charge in [-0.25, -0.2) is 0 Å². The SMILES string of the molecule is CCCCNC(=O)C(C)N[C@H](C)c1cccs1. The number of carbonyl (C=O) groups is 1. The van der Waals surface area contributed by atoms with Crippen LogP contribution in [-0.4, -0.2) is 18.5 Å². The molecule has 2 N–H and O–H groups in total. The van der Waals surface area contributed by atoms with Crippen LogP contribution in [0.4, 0.5) is 0 Å². The molecule has 0 aliphatic rings. The van der Waals surface area contributed by atoms with Gasteiger partial charge in [-0.05, 0) is 31.7 Å². The maximum Gasteiger partial charge on any atom is 0.236 e. The van der Waals surface area contributed by atoms with Gasteiger partial charge in [0.15, 0.2) is 0 Å². The van der Waals surface area contributed by atoms with Crippen molar-refractivity contribution in [3.8, 4) is 0 Å². The number of unbranched alkanes of at least 4 members (excludes halogenated alkanes) is 1. The van der Waals surface area contributed by atoms with Crippen LogP contribution in [0.2, 0.25) is 0 Å². The van der Waals surface area contributed by atoms with Gasteiger partial charge in [-0.2, -0.15) is 0 Å². The van der Waals surface area contributed by atoms with Crippen molar-refractivity contribution in [2.45, 2.75) is 45.7 Å². The van der Waals surface area contributed by atoms with E-state index in [-0.39, 0.29) is 18.0 Å². The number of nitrogens with one attached hydrogen (secondary N) is 2. The first-order valence-electron chi connectivity index (χ1n) is 6.22. The Labute approximate surface area is 108 Å². The second-order valence-electron chi connectivity index (χ2n) is 4.27. The molecule has 96 valence electrons. The van der Waals surface area contributed by atoms with Crippen LogP contribution in [0.3, 0.4) is 0 Å². The van der Waals surface area contributed by atoms with Gasteiger partial charge in [0.2, 0.25) is 5.91 Å². The van der Waals surface area contributed by atoms with E-state index < -0.39 is 0 Å². The summed E-state index contributed by atoms with van der Waals surface area (Å²) in [5.74, 6) is 0.0851. The number of amides is 1. The lowest BCUT2D eigenvalue weighted by Gasteiger charge is -2.18. The Morgan fingerprint density at radius 3 is 2.82 bits per heavy atom. The zero-order valence-corrected chi connectivity index (χ0v) is 11.6. The second kappa shape index (κ2) is 7.45. The lowest BCUT2D eigenvalue weighted by Crippen LogP contribution is -2.43. The molecule has 0 saturated heterocycles. The van der Waals surface area contributed by atoms with E-state index in [1.807, 2.05) is 13.0 Å². The maximum absolute atomic E-state index is 11.8. The van der Waals surface area contributed by atoms with Gasteiger partial charge in [0.05, 0.1) is 6.04 Å². The molecule has 1 rings (SSSR count). The zero-order chi connectivity index (χ0) is 12.7. The molecule has 0 saturated carbocycles. The second-order valence-corrected chi connectivity index (χ2v) is 5.25. The summed E-state index contributed by atoms with van der Waals surface area (Å²) in [5.41, 5.74) is 0. The fraction of sp³-hybridized carbons (Fsp3) is 0.615. The quantitative estimate of drug-likeness (QED) is 0.735. The molecule has 3 nitrogen and oxygen atoms in total. The summed E-state index contributed by atoms with van der Waals surface area (Å²) < 4.78 is 0. The van der Waals surface area contributed by atoms with Gasteiger partial charge in [0.1, 0.15) is 0 Å². The van der Waals surface area contributed by atoms with Crippen LogP contribution in [-0.2, 0) is 4.79 Å². The molecule has 1 unspecified atom stereocenters. The Kier molecular flexibility index (Phi) is 6.22. The third-order valence-electron chi connectivity index (χ3n) is 2.69. The van der Waals surface area contributed by atoms with Crippen LogP contribution in [0.1, 0.15) is 44.5 Å². The molecule has 0 aromatic carbocycles. The monoisotopic (exact) mass is 254 g/mol. The molecule has 1 aromatic heterocycles. The minimum Gasteiger partial charge on any atom is -0.355 e. The van der Waals surface area contributed by atoms with Crippen molar-refractivity contribution < 1.29 is 4.79 Å². The van der Waals surface area contributed by atoms with E-state index in [9.17, 15) is 4.79 Å². The van der Waals surface area contributed by atoms with Crippen molar-refractivity contribution in [1.29, 1.82) is 0 Å². The van der Waals surface area contributed by atoms with Crippen molar-refractivity contribution in [3.63, 3.8) is 0 Å². The van der Waals surface area contributed by atoms with Gasteiger partial charge in [-0.3, -0.25) is 10.1 Å². The number of carbonyl (C=O) groups excluding carboxylic acids is 1. The first-order chi connectivity index (χ1) is 8.15. The van der Waals surface area contributed by atoms with Crippen molar-refractivity contribution in [2.24, 2.45) is 0 Å². The summed E-state index contributed by atoms with van der Waals surface area (Å²) in [5, 5.41) is 8.30. The lowest BCUT2D eigenvalue weighted by atomic mass is 10.2. The van der Waals surface area contributed by atoms with Gasteiger partial charge in [0, 0.05) is 17.5 Å². The van der Waals surface area contributed by atoms with Gasteiger partial charge in [-0.15, -0.1) is 11.3 Å². The van der Waals surface area contributed by atoms with Gasteiger partial charge in [-0.1, -0.05) is 19.4 Å². The third kappa shape index (κ3) is 4.88. The fourth-order valence-electron chi connectivity index (χ4n) is 1.61. The molecule has 2 atom stereocenters. The molecule has 0 aliphatic carbocycles. The van der Waals surface area contributed by atoms with E-state index in [4.69, 9.17) is 0 Å². The highest BCUT2D eigenvalue weighted by molar-refractivity contribution is 7.10. The van der Waals surface area contributed by atoms with Crippen LogP contribution >= 0.6 is 11.3 Å². The predicted octanol–water partition coefficient (Wildman–Crippen LogP) is 2.70. The summed E-state index contributed by atoms with van der Waals surface area (Å²) in [6, 6.07) is 4.19. The van der Waals surface area contributed by atoms with Crippen molar-refractivity contribution in [2.75, 3.05) is 6.54 Å². The van der Waals surface area contributed by atoms with Gasteiger partial charge >= 0.3 is 0 Å². The Hall–Kier alpha value is -0.870. The van der Waals surface area contributed by atoms with E-state index in [2.05, 4.69) is 35.9 Å². The molecule has 0 aliphatic heterocycles. The Morgan fingerprint density at radius 1 is 1.47 bits per heavy atom. The molecule has 1 aromatic rings. The van der Waals surface area contributed by atoms with E-state index in [1.54, 1.807) is 11.3 Å². The van der Waals surface area contributed by atoms with E-state index >= 15 is 0 Å². The third-order valence-corrected chi connectivity index (χ3v) is 3.75.